The monoisotopic (exact) mass is 872 g/mol. The van der Waals surface area contributed by atoms with Gasteiger partial charge in [-0.3, -0.25) is 33.5 Å². The third kappa shape index (κ3) is 11.2. The molecule has 4 heterocycles. The van der Waals surface area contributed by atoms with Crippen LogP contribution in [0.1, 0.15) is 60.1 Å². The van der Waals surface area contributed by atoms with Gasteiger partial charge in [-0.05, 0) is 36.4 Å². The lowest BCUT2D eigenvalue weighted by Gasteiger charge is -2.41. The zero-order valence-electron chi connectivity index (χ0n) is 32.7. The van der Waals surface area contributed by atoms with Gasteiger partial charge >= 0.3 is 15.0 Å². The van der Waals surface area contributed by atoms with Crippen molar-refractivity contribution >= 4 is 58.1 Å². The first-order valence-corrected chi connectivity index (χ1v) is 25.1. The van der Waals surface area contributed by atoms with Crippen LogP contribution < -0.4 is 15.6 Å². The Morgan fingerprint density at radius 2 is 2.02 bits per heavy atom. The molecule has 1 saturated heterocycles. The molecule has 2 aliphatic rings. The lowest BCUT2D eigenvalue weighted by molar-refractivity contribution is -0.118. The standard InChI is InChI=1S/C33H50N8O12P2SSi/c1-19(2)29(43)39-32-38-28-25(30(44)40-32)37-18-41(28)31-27(26(23(15-42)50-31)53-57(6,7)33(3,4)5)52-55(56,47-12-8-10-34)48-16-20-13-21(14-22(20)51-54(45)46)49-24-9-11-35-17-36-24/h9,11,17-23,26-27,31,42,54H,8,12-16H2,1-7H3,(H,45,46)(H2,38,39,40,43,44)/t20-,21-,22+,23-,26-,27-,31-,55+/m1/s1. The van der Waals surface area contributed by atoms with Gasteiger partial charge in [-0.15, -0.1) is 0 Å². The van der Waals surface area contributed by atoms with Gasteiger partial charge in [0.05, 0.1) is 44.7 Å². The zero-order valence-corrected chi connectivity index (χ0v) is 36.4. The molecule has 1 aliphatic carbocycles. The Bertz CT molecular complexity index is 2030. The van der Waals surface area contributed by atoms with Crippen molar-refractivity contribution < 1.29 is 51.4 Å². The largest absolute Gasteiger partial charge is 0.474 e. The van der Waals surface area contributed by atoms with Gasteiger partial charge in [0.2, 0.25) is 17.7 Å². The number of H-pyrrole nitrogens is 1. The normalized spacial score (nSPS) is 25.7. The number of aliphatic hydroxyl groups is 1. The Balaban J connectivity index is 1.52. The van der Waals surface area contributed by atoms with E-state index in [0.717, 1.165) is 0 Å². The Hall–Kier alpha value is -3.03. The van der Waals surface area contributed by atoms with Crippen molar-refractivity contribution in [1.82, 2.24) is 29.5 Å². The van der Waals surface area contributed by atoms with Crippen LogP contribution in [0.15, 0.2) is 29.7 Å². The fraction of sp³-hybridized carbons (Fsp3) is 0.667. The zero-order chi connectivity index (χ0) is 41.7. The molecule has 0 radical (unpaired) electrons. The molecule has 1 amide bonds. The summed E-state index contributed by atoms with van der Waals surface area (Å²) in [4.78, 5) is 54.7. The number of ether oxygens (including phenoxy) is 2. The van der Waals surface area contributed by atoms with E-state index in [1.54, 1.807) is 19.9 Å². The van der Waals surface area contributed by atoms with Gasteiger partial charge in [-0.25, -0.2) is 15.0 Å². The van der Waals surface area contributed by atoms with E-state index in [-0.39, 0.29) is 54.1 Å². The predicted molar refractivity (Wildman–Crippen MR) is 211 cm³/mol. The summed E-state index contributed by atoms with van der Waals surface area (Å²) < 4.78 is 57.1. The highest BCUT2D eigenvalue weighted by atomic mass is 32.5. The first-order valence-electron chi connectivity index (χ1n) is 18.3. The maximum Gasteiger partial charge on any atom is 0.327 e. The molecule has 4 N–H and O–H groups in total. The number of nitrogens with zero attached hydrogens (tertiary/aromatic N) is 6. The average molecular weight is 873 g/mol. The van der Waals surface area contributed by atoms with E-state index >= 15 is 0 Å². The molecule has 24 heteroatoms. The quantitative estimate of drug-likeness (QED) is 0.0800. The van der Waals surface area contributed by atoms with Gasteiger partial charge in [0.1, 0.15) is 30.7 Å². The molecule has 57 heavy (non-hydrogen) atoms. The summed E-state index contributed by atoms with van der Waals surface area (Å²) in [6.45, 7) is 8.83. The Morgan fingerprint density at radius 1 is 1.26 bits per heavy atom. The number of hydrogen-bond acceptors (Lipinski definition) is 17. The number of carbonyl (C=O) groups is 1. The lowest BCUT2D eigenvalue weighted by Crippen LogP contribution is -2.50. The average Bonchev–Trinajstić information content (AvgIpc) is 3.82. The van der Waals surface area contributed by atoms with Crippen molar-refractivity contribution in [1.29, 1.82) is 5.26 Å². The number of imidazole rings is 1. The minimum absolute atomic E-state index is 0.0283. The van der Waals surface area contributed by atoms with Crippen molar-refractivity contribution in [2.24, 2.45) is 11.8 Å². The van der Waals surface area contributed by atoms with E-state index in [1.165, 1.54) is 23.4 Å². The second-order valence-corrected chi connectivity index (χ2v) is 24.0. The first kappa shape index (κ1) is 45.1. The minimum Gasteiger partial charge on any atom is -0.474 e. The molecule has 9 atom stereocenters. The van der Waals surface area contributed by atoms with E-state index in [4.69, 9.17) is 43.8 Å². The summed E-state index contributed by atoms with van der Waals surface area (Å²) in [5.74, 6) is -1.12. The Kier molecular flexibility index (Phi) is 15.0. The second-order valence-electron chi connectivity index (χ2n) is 15.5. The number of aliphatic hydroxyl groups excluding tert-OH is 1. The molecule has 3 aromatic rings. The van der Waals surface area contributed by atoms with Crippen LogP contribution in [0.2, 0.25) is 18.1 Å². The van der Waals surface area contributed by atoms with Crippen LogP contribution in [0, 0.1) is 23.2 Å². The number of hydrogen-bond donors (Lipinski definition) is 4. The summed E-state index contributed by atoms with van der Waals surface area (Å²) in [7, 11) is -6.01. The molecule has 2 fully saturated rings. The Morgan fingerprint density at radius 3 is 2.65 bits per heavy atom. The fourth-order valence-corrected chi connectivity index (χ4v) is 10.0. The van der Waals surface area contributed by atoms with Crippen LogP contribution in [0.25, 0.3) is 11.2 Å². The van der Waals surface area contributed by atoms with Gasteiger partial charge in [0.25, 0.3) is 5.56 Å². The van der Waals surface area contributed by atoms with E-state index < -0.39 is 84.0 Å². The minimum atomic E-state index is -3.90. The maximum absolute atomic E-state index is 13.2. The molecule has 3 aromatic heterocycles. The van der Waals surface area contributed by atoms with Gasteiger partial charge in [-0.1, -0.05) is 34.6 Å². The van der Waals surface area contributed by atoms with Gasteiger partial charge in [0, 0.05) is 30.5 Å². The molecule has 5 rings (SSSR count). The van der Waals surface area contributed by atoms with E-state index in [1.807, 2.05) is 39.9 Å². The van der Waals surface area contributed by atoms with Crippen molar-refractivity contribution in [3.8, 4) is 11.9 Å². The molecular weight excluding hydrogens is 823 g/mol. The number of amides is 1. The Labute approximate surface area is 336 Å². The van der Waals surface area contributed by atoms with Crippen LogP contribution in [-0.2, 0) is 48.4 Å². The highest BCUT2D eigenvalue weighted by Gasteiger charge is 2.54. The van der Waals surface area contributed by atoms with Gasteiger partial charge < -0.3 is 37.5 Å². The number of nitriles is 1. The van der Waals surface area contributed by atoms with Crippen LogP contribution >= 0.6 is 15.0 Å². The number of aromatic amines is 1. The maximum atomic E-state index is 13.2. The molecule has 20 nitrogen and oxygen atoms in total. The highest BCUT2D eigenvalue weighted by molar-refractivity contribution is 8.07. The van der Waals surface area contributed by atoms with E-state index in [2.05, 4.69) is 30.2 Å². The van der Waals surface area contributed by atoms with Crippen molar-refractivity contribution in [2.75, 3.05) is 25.1 Å². The lowest BCUT2D eigenvalue weighted by atomic mass is 10.1. The third-order valence-corrected chi connectivity index (χ3v) is 17.4. The summed E-state index contributed by atoms with van der Waals surface area (Å²) in [5.41, 5.74) is -0.667. The topological polar surface area (TPSA) is 264 Å². The molecular formula is C33H50N8O12P2SSi. The van der Waals surface area contributed by atoms with Crippen LogP contribution in [0.3, 0.4) is 0 Å². The molecule has 0 bridgehead atoms. The summed E-state index contributed by atoms with van der Waals surface area (Å²) >= 11 is 6.02. The highest BCUT2D eigenvalue weighted by Crippen LogP contribution is 2.56. The van der Waals surface area contributed by atoms with Crippen molar-refractivity contribution in [3.63, 3.8) is 0 Å². The molecule has 1 unspecified atom stereocenters. The second kappa shape index (κ2) is 18.9. The van der Waals surface area contributed by atoms with E-state index in [0.29, 0.717) is 12.3 Å². The SMILES string of the molecule is CC(C)C(=O)Nc1nc2c(ncn2[C@@H]2O[C@H](CO)[C@@H](O[Si](C)(C)C(C)(C)C)[C@H]2O[P@](=S)(OCCC#N)OC[C@H]2C[C@@H](Oc3ccncn3)C[C@@H]2O[PH](=O)O)c(=O)[nH]1. The summed E-state index contributed by atoms with van der Waals surface area (Å²) in [5, 5.41) is 22.4. The van der Waals surface area contributed by atoms with Gasteiger partial charge in [0.15, 0.2) is 25.7 Å². The number of carbonyl (C=O) groups excluding carboxylic acids is 1. The van der Waals surface area contributed by atoms with E-state index in [9.17, 15) is 29.4 Å². The molecule has 1 aliphatic heterocycles. The number of aromatic nitrogens is 6. The fourth-order valence-electron chi connectivity index (χ4n) is 6.02. The number of fused-ring (bicyclic) bond motifs is 1. The molecule has 0 aromatic carbocycles. The number of nitrogens with one attached hydrogen (secondary N) is 2. The summed E-state index contributed by atoms with van der Waals surface area (Å²) in [6.07, 6.45) is -0.857. The molecule has 1 saturated carbocycles. The van der Waals surface area contributed by atoms with Crippen molar-refractivity contribution in [3.05, 3.63) is 35.3 Å². The molecule has 314 valence electrons. The molecule has 0 spiro atoms. The third-order valence-electron chi connectivity index (χ3n) is 10.0. The van der Waals surface area contributed by atoms with Gasteiger partial charge in [-0.2, -0.15) is 10.2 Å². The number of rotatable bonds is 18. The summed E-state index contributed by atoms with van der Waals surface area (Å²) in [6, 6.07) is 3.60. The van der Waals surface area contributed by atoms with Crippen LogP contribution in [0.5, 0.6) is 5.88 Å². The first-order chi connectivity index (χ1) is 26.8. The number of anilines is 1. The van der Waals surface area contributed by atoms with Crippen LogP contribution in [-0.4, -0.2) is 104 Å². The van der Waals surface area contributed by atoms with Crippen LogP contribution in [0.4, 0.5) is 5.95 Å². The smallest absolute Gasteiger partial charge is 0.327 e. The van der Waals surface area contributed by atoms with Crippen molar-refractivity contribution in [2.45, 2.75) is 109 Å². The predicted octanol–water partition coefficient (Wildman–Crippen LogP) is 3.97.